The highest BCUT2D eigenvalue weighted by atomic mass is 35.5. The smallest absolute Gasteiger partial charge is 0.314 e. The van der Waals surface area contributed by atoms with Crippen molar-refractivity contribution in [2.75, 3.05) is 19.3 Å². The van der Waals surface area contributed by atoms with E-state index in [1.54, 1.807) is 49.6 Å². The Balaban J connectivity index is 1.72. The molecule has 3 heterocycles. The number of nitrogen functional groups attached to an aromatic ring is 1. The number of carbonyl (C=O) groups excluding carboxylic acids is 2. The van der Waals surface area contributed by atoms with Gasteiger partial charge in [0.1, 0.15) is 5.56 Å². The fourth-order valence-electron chi connectivity index (χ4n) is 3.80. The molecule has 5 N–H and O–H groups in total. The van der Waals surface area contributed by atoms with E-state index in [0.717, 1.165) is 0 Å². The number of hydrogen-bond acceptors (Lipinski definition) is 6. The second-order valence-electron chi connectivity index (χ2n) is 7.58. The van der Waals surface area contributed by atoms with Crippen LogP contribution >= 0.6 is 11.6 Å². The van der Waals surface area contributed by atoms with Gasteiger partial charge < -0.3 is 26.3 Å². The Morgan fingerprint density at radius 3 is 2.82 bits per heavy atom. The van der Waals surface area contributed by atoms with Gasteiger partial charge >= 0.3 is 6.03 Å². The van der Waals surface area contributed by atoms with Crippen molar-refractivity contribution in [1.82, 2.24) is 35.1 Å². The van der Waals surface area contributed by atoms with Gasteiger partial charge in [-0.15, -0.1) is 5.10 Å². The minimum atomic E-state index is -0.596. The van der Waals surface area contributed by atoms with E-state index in [2.05, 4.69) is 26.0 Å². The van der Waals surface area contributed by atoms with Gasteiger partial charge in [0.05, 0.1) is 16.5 Å². The maximum Gasteiger partial charge on any atom is 0.314 e. The van der Waals surface area contributed by atoms with Crippen LogP contribution in [0.25, 0.3) is 16.4 Å². The molecule has 34 heavy (non-hydrogen) atoms. The lowest BCUT2D eigenvalue weighted by Crippen LogP contribution is -2.38. The first kappa shape index (κ1) is 23.1. The van der Waals surface area contributed by atoms with E-state index in [1.165, 1.54) is 16.1 Å². The summed E-state index contributed by atoms with van der Waals surface area (Å²) in [4.78, 5) is 42.2. The van der Waals surface area contributed by atoms with Gasteiger partial charge in [-0.05, 0) is 30.5 Å². The van der Waals surface area contributed by atoms with E-state index in [-0.39, 0.29) is 36.1 Å². The van der Waals surface area contributed by atoms with Crippen LogP contribution < -0.4 is 27.2 Å². The normalized spacial score (nSPS) is 12.0. The first-order chi connectivity index (χ1) is 16.3. The highest BCUT2D eigenvalue weighted by molar-refractivity contribution is 6.35. The fraction of sp³-hybridized carbons (Fsp3) is 0.227. The van der Waals surface area contributed by atoms with Gasteiger partial charge in [0.15, 0.2) is 11.5 Å². The minimum absolute atomic E-state index is 0.0425. The number of nitrogens with zero attached hydrogens (tertiary/aromatic N) is 4. The maximum absolute atomic E-state index is 13.4. The van der Waals surface area contributed by atoms with E-state index in [4.69, 9.17) is 17.3 Å². The zero-order valence-electron chi connectivity index (χ0n) is 18.5. The van der Waals surface area contributed by atoms with Crippen LogP contribution in [0.3, 0.4) is 0 Å². The summed E-state index contributed by atoms with van der Waals surface area (Å²) in [5, 5.41) is 13.5. The van der Waals surface area contributed by atoms with Crippen LogP contribution in [-0.4, -0.2) is 44.7 Å². The van der Waals surface area contributed by atoms with Gasteiger partial charge in [-0.25, -0.2) is 14.3 Å². The minimum Gasteiger partial charge on any atom is -0.381 e. The van der Waals surface area contributed by atoms with Crippen LogP contribution in [0.15, 0.2) is 47.5 Å². The highest BCUT2D eigenvalue weighted by Crippen LogP contribution is 2.24. The summed E-state index contributed by atoms with van der Waals surface area (Å²) in [6.45, 7) is 2.11. The lowest BCUT2D eigenvalue weighted by atomic mass is 10.1. The number of nitrogens with one attached hydrogen (secondary N) is 3. The molecule has 0 saturated heterocycles. The van der Waals surface area contributed by atoms with Crippen molar-refractivity contribution in [1.29, 1.82) is 0 Å². The number of nitrogens with two attached hydrogens (primary N) is 1. The molecule has 0 bridgehead atoms. The number of halogens is 1. The fourth-order valence-corrected chi connectivity index (χ4v) is 4.06. The van der Waals surface area contributed by atoms with Crippen molar-refractivity contribution in [3.8, 4) is 0 Å². The third-order valence-corrected chi connectivity index (χ3v) is 5.72. The molecule has 0 aliphatic rings. The Kier molecular flexibility index (Phi) is 6.37. The summed E-state index contributed by atoms with van der Waals surface area (Å²) < 4.78 is 2.92. The summed E-state index contributed by atoms with van der Waals surface area (Å²) in [7, 11) is 1.50. The molecular formula is C22H23ClN8O3. The summed E-state index contributed by atoms with van der Waals surface area (Å²) in [6.07, 6.45) is 3.18. The molecule has 1 aromatic carbocycles. The Morgan fingerprint density at radius 2 is 2.06 bits per heavy atom. The van der Waals surface area contributed by atoms with Gasteiger partial charge in [0.25, 0.3) is 11.5 Å². The Hall–Kier alpha value is -4.12. The van der Waals surface area contributed by atoms with Crippen molar-refractivity contribution in [3.63, 3.8) is 0 Å². The molecule has 12 heteroatoms. The van der Waals surface area contributed by atoms with Crippen molar-refractivity contribution in [2.45, 2.75) is 19.5 Å². The van der Waals surface area contributed by atoms with Gasteiger partial charge in [-0.3, -0.25) is 9.59 Å². The SMILES string of the molecule is CNC(=O)NCCn1c([C@H](C)NC(=O)c2c(N)nn3cccnc23)cc2cccc(Cl)c2c1=O. The third-order valence-electron chi connectivity index (χ3n) is 5.41. The second kappa shape index (κ2) is 9.40. The largest absolute Gasteiger partial charge is 0.381 e. The van der Waals surface area contributed by atoms with Crippen LogP contribution in [0, 0.1) is 0 Å². The van der Waals surface area contributed by atoms with Gasteiger partial charge in [0, 0.05) is 38.2 Å². The van der Waals surface area contributed by atoms with Crippen LogP contribution in [-0.2, 0) is 6.54 Å². The summed E-state index contributed by atoms with van der Waals surface area (Å²) in [5.41, 5.74) is 6.65. The van der Waals surface area contributed by atoms with Gasteiger partial charge in [-0.1, -0.05) is 23.7 Å². The van der Waals surface area contributed by atoms with Crippen LogP contribution in [0.5, 0.6) is 0 Å². The zero-order chi connectivity index (χ0) is 24.4. The molecule has 0 aliphatic carbocycles. The van der Waals surface area contributed by atoms with Crippen LogP contribution in [0.4, 0.5) is 10.6 Å². The number of anilines is 1. The number of fused-ring (bicyclic) bond motifs is 2. The number of hydrogen-bond donors (Lipinski definition) is 4. The van der Waals surface area contributed by atoms with E-state index in [1.807, 2.05) is 0 Å². The Morgan fingerprint density at radius 1 is 1.26 bits per heavy atom. The van der Waals surface area contributed by atoms with Crippen molar-refractivity contribution in [2.24, 2.45) is 0 Å². The molecular weight excluding hydrogens is 460 g/mol. The van der Waals surface area contributed by atoms with Crippen molar-refractivity contribution < 1.29 is 9.59 Å². The molecule has 0 aliphatic heterocycles. The Bertz CT molecular complexity index is 1460. The first-order valence-corrected chi connectivity index (χ1v) is 10.9. The summed E-state index contributed by atoms with van der Waals surface area (Å²) in [6, 6.07) is 7.68. The van der Waals surface area contributed by atoms with Crippen LogP contribution in [0.1, 0.15) is 29.0 Å². The first-order valence-electron chi connectivity index (χ1n) is 10.5. The molecule has 4 rings (SSSR count). The van der Waals surface area contributed by atoms with Crippen LogP contribution in [0.2, 0.25) is 5.02 Å². The van der Waals surface area contributed by atoms with E-state index < -0.39 is 11.9 Å². The predicted octanol–water partition coefficient (Wildman–Crippen LogP) is 1.70. The number of benzene rings is 1. The molecule has 4 aromatic rings. The molecule has 3 amide bonds. The standard InChI is InChI=1S/C22H23ClN8O3/c1-12(28-20(32)17-18(24)29-31-9-4-7-26-19(17)31)15-11-13-5-3-6-14(23)16(13)21(33)30(15)10-8-27-22(34)25-2/h3-7,9,11-12H,8,10H2,1-2H3,(H2,24,29)(H,28,32)(H2,25,27,34)/t12-/m0/s1. The molecule has 1 atom stereocenters. The van der Waals surface area contributed by atoms with Crippen molar-refractivity contribution in [3.05, 3.63) is 69.4 Å². The van der Waals surface area contributed by atoms with Crippen molar-refractivity contribution >= 4 is 45.8 Å². The molecule has 176 valence electrons. The lowest BCUT2D eigenvalue weighted by Gasteiger charge is -2.21. The number of aromatic nitrogens is 4. The zero-order valence-corrected chi connectivity index (χ0v) is 19.3. The lowest BCUT2D eigenvalue weighted by molar-refractivity contribution is 0.0940. The molecule has 0 saturated carbocycles. The molecule has 0 fully saturated rings. The Labute approximate surface area is 198 Å². The second-order valence-corrected chi connectivity index (χ2v) is 7.99. The summed E-state index contributed by atoms with van der Waals surface area (Å²) >= 11 is 6.31. The quantitative estimate of drug-likeness (QED) is 0.328. The number of urea groups is 1. The molecule has 0 spiro atoms. The number of rotatable bonds is 6. The van der Waals surface area contributed by atoms with Gasteiger partial charge in [0.2, 0.25) is 0 Å². The topological polar surface area (TPSA) is 148 Å². The van der Waals surface area contributed by atoms with E-state index in [0.29, 0.717) is 27.1 Å². The number of amides is 3. The average molecular weight is 483 g/mol. The number of carbonyl (C=O) groups is 2. The predicted molar refractivity (Wildman–Crippen MR) is 129 cm³/mol. The van der Waals surface area contributed by atoms with E-state index >= 15 is 0 Å². The van der Waals surface area contributed by atoms with E-state index in [9.17, 15) is 14.4 Å². The monoisotopic (exact) mass is 482 g/mol. The average Bonchev–Trinajstić information content (AvgIpc) is 3.15. The molecule has 0 unspecified atom stereocenters. The maximum atomic E-state index is 13.4. The third kappa shape index (κ3) is 4.25. The van der Waals surface area contributed by atoms with Gasteiger partial charge in [-0.2, -0.15) is 0 Å². The summed E-state index contributed by atoms with van der Waals surface area (Å²) in [5.74, 6) is -0.437. The highest BCUT2D eigenvalue weighted by Gasteiger charge is 2.23. The molecule has 11 nitrogen and oxygen atoms in total. The molecule has 3 aromatic heterocycles. The number of pyridine rings is 1. The molecule has 0 radical (unpaired) electrons.